The van der Waals surface area contributed by atoms with Gasteiger partial charge in [-0.25, -0.2) is 0 Å². The van der Waals surface area contributed by atoms with Gasteiger partial charge in [-0.1, -0.05) is 54.6 Å². The van der Waals surface area contributed by atoms with Crippen molar-refractivity contribution in [2.75, 3.05) is 19.0 Å². The standard InChI is InChI=1S/C21H24N2.ClH/c1-16(20-10-6-8-18-7-4-5-9-21(18)20)22-15-17-11-13-19(14-12-17)23(2)3;/h4-14,16,22H,15H2,1-3H3;1H. The van der Waals surface area contributed by atoms with Crippen LogP contribution in [0, 0.1) is 0 Å². The first kappa shape index (κ1) is 18.3. The quantitative estimate of drug-likeness (QED) is 0.688. The van der Waals surface area contributed by atoms with Crippen molar-refractivity contribution >= 4 is 28.9 Å². The Bertz CT molecular complexity index is 776. The Labute approximate surface area is 150 Å². The Morgan fingerprint density at radius 2 is 1.54 bits per heavy atom. The first-order chi connectivity index (χ1) is 11.1. The van der Waals surface area contributed by atoms with Gasteiger partial charge in [0, 0.05) is 32.4 Å². The van der Waals surface area contributed by atoms with E-state index in [1.807, 2.05) is 0 Å². The van der Waals surface area contributed by atoms with Crippen LogP contribution in [-0.4, -0.2) is 14.1 Å². The summed E-state index contributed by atoms with van der Waals surface area (Å²) in [5.41, 5.74) is 3.89. The van der Waals surface area contributed by atoms with Crippen LogP contribution >= 0.6 is 12.4 Å². The minimum absolute atomic E-state index is 0. The third-order valence-corrected chi connectivity index (χ3v) is 4.35. The van der Waals surface area contributed by atoms with Gasteiger partial charge in [0.05, 0.1) is 0 Å². The lowest BCUT2D eigenvalue weighted by atomic mass is 9.99. The van der Waals surface area contributed by atoms with E-state index in [-0.39, 0.29) is 12.4 Å². The van der Waals surface area contributed by atoms with E-state index in [0.29, 0.717) is 6.04 Å². The number of anilines is 1. The van der Waals surface area contributed by atoms with Crippen molar-refractivity contribution in [2.45, 2.75) is 19.5 Å². The topological polar surface area (TPSA) is 15.3 Å². The van der Waals surface area contributed by atoms with Gasteiger partial charge in [0.1, 0.15) is 0 Å². The first-order valence-electron chi connectivity index (χ1n) is 8.12. The van der Waals surface area contributed by atoms with Crippen molar-refractivity contribution in [3.05, 3.63) is 77.9 Å². The van der Waals surface area contributed by atoms with Crippen molar-refractivity contribution < 1.29 is 0 Å². The average Bonchev–Trinajstić information content (AvgIpc) is 2.59. The van der Waals surface area contributed by atoms with Gasteiger partial charge in [-0.05, 0) is 41.0 Å². The zero-order valence-corrected chi connectivity index (χ0v) is 15.3. The van der Waals surface area contributed by atoms with E-state index in [4.69, 9.17) is 0 Å². The van der Waals surface area contributed by atoms with E-state index in [1.54, 1.807) is 0 Å². The van der Waals surface area contributed by atoms with Crippen LogP contribution in [0.15, 0.2) is 66.7 Å². The number of nitrogens with one attached hydrogen (secondary N) is 1. The molecule has 0 radical (unpaired) electrons. The number of fused-ring (bicyclic) bond motifs is 1. The summed E-state index contributed by atoms with van der Waals surface area (Å²) >= 11 is 0. The van der Waals surface area contributed by atoms with Crippen LogP contribution in [0.2, 0.25) is 0 Å². The van der Waals surface area contributed by atoms with Crippen molar-refractivity contribution in [1.82, 2.24) is 5.32 Å². The molecular weight excluding hydrogens is 316 g/mol. The summed E-state index contributed by atoms with van der Waals surface area (Å²) in [6.07, 6.45) is 0. The second kappa shape index (κ2) is 8.18. The second-order valence-electron chi connectivity index (χ2n) is 6.23. The molecule has 24 heavy (non-hydrogen) atoms. The van der Waals surface area contributed by atoms with Crippen LogP contribution < -0.4 is 10.2 Å². The van der Waals surface area contributed by atoms with Gasteiger partial charge in [0.15, 0.2) is 0 Å². The largest absolute Gasteiger partial charge is 0.378 e. The maximum Gasteiger partial charge on any atom is 0.0361 e. The molecule has 1 N–H and O–H groups in total. The average molecular weight is 341 g/mol. The third-order valence-electron chi connectivity index (χ3n) is 4.35. The maximum absolute atomic E-state index is 3.64. The normalized spacial score (nSPS) is 11.8. The van der Waals surface area contributed by atoms with Crippen LogP contribution in [0.4, 0.5) is 5.69 Å². The number of rotatable bonds is 5. The molecule has 3 rings (SSSR count). The molecule has 1 atom stereocenters. The van der Waals surface area contributed by atoms with Crippen LogP contribution in [0.3, 0.4) is 0 Å². The molecular formula is C21H25ClN2. The lowest BCUT2D eigenvalue weighted by Gasteiger charge is -2.17. The molecule has 0 aromatic heterocycles. The molecule has 0 amide bonds. The molecule has 1 unspecified atom stereocenters. The summed E-state index contributed by atoms with van der Waals surface area (Å²) in [5.74, 6) is 0. The molecule has 0 aliphatic heterocycles. The predicted molar refractivity (Wildman–Crippen MR) is 107 cm³/mol. The Hall–Kier alpha value is -2.03. The van der Waals surface area contributed by atoms with Gasteiger partial charge < -0.3 is 10.2 Å². The minimum atomic E-state index is 0. The number of nitrogens with zero attached hydrogens (tertiary/aromatic N) is 1. The van der Waals surface area contributed by atoms with Crippen molar-refractivity contribution in [3.8, 4) is 0 Å². The van der Waals surface area contributed by atoms with Crippen molar-refractivity contribution in [3.63, 3.8) is 0 Å². The van der Waals surface area contributed by atoms with Gasteiger partial charge in [-0.15, -0.1) is 12.4 Å². The summed E-state index contributed by atoms with van der Waals surface area (Å²) < 4.78 is 0. The van der Waals surface area contributed by atoms with E-state index in [9.17, 15) is 0 Å². The smallest absolute Gasteiger partial charge is 0.0361 e. The molecule has 0 spiro atoms. The van der Waals surface area contributed by atoms with Crippen LogP contribution in [0.5, 0.6) is 0 Å². The molecule has 3 heteroatoms. The molecule has 0 saturated heterocycles. The highest BCUT2D eigenvalue weighted by Crippen LogP contribution is 2.24. The predicted octanol–water partition coefficient (Wildman–Crippen LogP) is 5.18. The van der Waals surface area contributed by atoms with Gasteiger partial charge in [-0.3, -0.25) is 0 Å². The number of hydrogen-bond donors (Lipinski definition) is 1. The highest BCUT2D eigenvalue weighted by molar-refractivity contribution is 5.86. The third kappa shape index (κ3) is 4.08. The fourth-order valence-corrected chi connectivity index (χ4v) is 2.92. The Kier molecular flexibility index (Phi) is 6.24. The van der Waals surface area contributed by atoms with Crippen LogP contribution in [0.1, 0.15) is 24.1 Å². The highest BCUT2D eigenvalue weighted by atomic mass is 35.5. The molecule has 0 bridgehead atoms. The summed E-state index contributed by atoms with van der Waals surface area (Å²) in [6, 6.07) is 24.1. The van der Waals surface area contributed by atoms with E-state index in [0.717, 1.165) is 6.54 Å². The SMILES string of the molecule is CC(NCc1ccc(N(C)C)cc1)c1cccc2ccccc12.Cl. The number of hydrogen-bond acceptors (Lipinski definition) is 2. The summed E-state index contributed by atoms with van der Waals surface area (Å²) in [6.45, 7) is 3.11. The van der Waals surface area contributed by atoms with E-state index in [2.05, 4.69) is 98.0 Å². The van der Waals surface area contributed by atoms with Gasteiger partial charge in [-0.2, -0.15) is 0 Å². The molecule has 0 aliphatic rings. The van der Waals surface area contributed by atoms with Crippen molar-refractivity contribution in [2.24, 2.45) is 0 Å². The van der Waals surface area contributed by atoms with Gasteiger partial charge in [0.25, 0.3) is 0 Å². The van der Waals surface area contributed by atoms with Gasteiger partial charge in [0.2, 0.25) is 0 Å². The fraction of sp³-hybridized carbons (Fsp3) is 0.238. The van der Waals surface area contributed by atoms with E-state index in [1.165, 1.54) is 27.6 Å². The molecule has 0 aliphatic carbocycles. The number of halogens is 1. The maximum atomic E-state index is 3.64. The summed E-state index contributed by atoms with van der Waals surface area (Å²) in [7, 11) is 4.13. The Balaban J connectivity index is 0.00000208. The number of benzene rings is 3. The Morgan fingerprint density at radius 3 is 2.25 bits per heavy atom. The monoisotopic (exact) mass is 340 g/mol. The van der Waals surface area contributed by atoms with Crippen LogP contribution in [0.25, 0.3) is 10.8 Å². The molecule has 0 saturated carbocycles. The lowest BCUT2D eigenvalue weighted by Crippen LogP contribution is -2.18. The highest BCUT2D eigenvalue weighted by Gasteiger charge is 2.08. The van der Waals surface area contributed by atoms with Crippen LogP contribution in [-0.2, 0) is 6.54 Å². The van der Waals surface area contributed by atoms with E-state index >= 15 is 0 Å². The second-order valence-corrected chi connectivity index (χ2v) is 6.23. The van der Waals surface area contributed by atoms with E-state index < -0.39 is 0 Å². The van der Waals surface area contributed by atoms with Crippen molar-refractivity contribution in [1.29, 1.82) is 0 Å². The minimum Gasteiger partial charge on any atom is -0.378 e. The summed E-state index contributed by atoms with van der Waals surface area (Å²) in [4.78, 5) is 2.12. The molecule has 2 nitrogen and oxygen atoms in total. The Morgan fingerprint density at radius 1 is 0.875 bits per heavy atom. The summed E-state index contributed by atoms with van der Waals surface area (Å²) in [5, 5.41) is 6.27. The molecule has 0 fully saturated rings. The zero-order valence-electron chi connectivity index (χ0n) is 14.5. The fourth-order valence-electron chi connectivity index (χ4n) is 2.92. The first-order valence-corrected chi connectivity index (χ1v) is 8.12. The molecule has 3 aromatic carbocycles. The van der Waals surface area contributed by atoms with Gasteiger partial charge >= 0.3 is 0 Å². The molecule has 0 heterocycles. The molecule has 3 aromatic rings. The lowest BCUT2D eigenvalue weighted by molar-refractivity contribution is 0.578. The molecule has 126 valence electrons. The zero-order chi connectivity index (χ0) is 16.2.